The number of nitrogens with zero attached hydrogens (tertiary/aromatic N) is 2. The summed E-state index contributed by atoms with van der Waals surface area (Å²) in [4.78, 5) is 17.1. The minimum Gasteiger partial charge on any atom is -0.339 e. The van der Waals surface area contributed by atoms with E-state index in [1.807, 2.05) is 4.90 Å². The van der Waals surface area contributed by atoms with E-state index in [0.717, 1.165) is 39.1 Å². The molecule has 0 aliphatic carbocycles. The third kappa shape index (κ3) is 3.45. The number of rotatable bonds is 5. The maximum atomic E-state index is 12.8. The molecule has 1 N–H and O–H groups in total. The predicted molar refractivity (Wildman–Crippen MR) is 75.7 cm³/mol. The molecule has 0 aromatic rings. The highest BCUT2D eigenvalue weighted by molar-refractivity contribution is 5.85. The van der Waals surface area contributed by atoms with Gasteiger partial charge in [0.25, 0.3) is 0 Å². The van der Waals surface area contributed by atoms with Crippen LogP contribution < -0.4 is 5.32 Å². The van der Waals surface area contributed by atoms with E-state index in [1.165, 1.54) is 0 Å². The van der Waals surface area contributed by atoms with Gasteiger partial charge in [-0.2, -0.15) is 0 Å². The van der Waals surface area contributed by atoms with Crippen LogP contribution in [0.3, 0.4) is 0 Å². The van der Waals surface area contributed by atoms with Crippen LogP contribution >= 0.6 is 0 Å². The van der Waals surface area contributed by atoms with Gasteiger partial charge in [0.1, 0.15) is 0 Å². The number of piperazine rings is 1. The van der Waals surface area contributed by atoms with Gasteiger partial charge < -0.3 is 10.2 Å². The quantitative estimate of drug-likeness (QED) is 0.805. The molecule has 0 bridgehead atoms. The number of amides is 1. The maximum absolute atomic E-state index is 12.8. The minimum atomic E-state index is -0.387. The molecular weight excluding hydrogens is 226 g/mol. The first-order valence-electron chi connectivity index (χ1n) is 7.18. The smallest absolute Gasteiger partial charge is 0.242 e. The monoisotopic (exact) mass is 255 g/mol. The van der Waals surface area contributed by atoms with E-state index in [2.05, 4.69) is 44.8 Å². The molecule has 106 valence electrons. The second kappa shape index (κ2) is 6.53. The highest BCUT2D eigenvalue weighted by Crippen LogP contribution is 2.20. The molecule has 1 saturated heterocycles. The van der Waals surface area contributed by atoms with Crippen molar-refractivity contribution < 1.29 is 4.79 Å². The minimum absolute atomic E-state index is 0.265. The Morgan fingerprint density at radius 2 is 1.89 bits per heavy atom. The molecule has 0 atom stereocenters. The normalized spacial score (nSPS) is 18.1. The lowest BCUT2D eigenvalue weighted by Crippen LogP contribution is -2.61. The van der Waals surface area contributed by atoms with E-state index >= 15 is 0 Å². The number of hydrogen-bond acceptors (Lipinski definition) is 3. The second-order valence-corrected chi connectivity index (χ2v) is 5.89. The van der Waals surface area contributed by atoms with Gasteiger partial charge in [0, 0.05) is 38.8 Å². The zero-order valence-electron chi connectivity index (χ0n) is 12.6. The van der Waals surface area contributed by atoms with Crippen molar-refractivity contribution in [2.24, 2.45) is 0 Å². The van der Waals surface area contributed by atoms with Gasteiger partial charge in [-0.15, -0.1) is 0 Å². The van der Waals surface area contributed by atoms with Crippen LogP contribution in [0.5, 0.6) is 0 Å². The molecule has 0 spiro atoms. The van der Waals surface area contributed by atoms with E-state index in [0.29, 0.717) is 0 Å². The van der Waals surface area contributed by atoms with Crippen molar-refractivity contribution >= 4 is 5.91 Å². The average molecular weight is 255 g/mol. The molecule has 0 unspecified atom stereocenters. The summed E-state index contributed by atoms with van der Waals surface area (Å²) < 4.78 is 0. The van der Waals surface area contributed by atoms with Crippen molar-refractivity contribution in [1.29, 1.82) is 0 Å². The molecule has 4 heteroatoms. The van der Waals surface area contributed by atoms with Gasteiger partial charge >= 0.3 is 0 Å². The Bertz CT molecular complexity index is 270. The van der Waals surface area contributed by atoms with E-state index in [4.69, 9.17) is 0 Å². The Kier molecular flexibility index (Phi) is 5.60. The zero-order valence-corrected chi connectivity index (χ0v) is 12.6. The van der Waals surface area contributed by atoms with Crippen LogP contribution in [0.2, 0.25) is 0 Å². The maximum Gasteiger partial charge on any atom is 0.242 e. The topological polar surface area (TPSA) is 35.6 Å². The van der Waals surface area contributed by atoms with Crippen LogP contribution in [0.15, 0.2) is 0 Å². The van der Waals surface area contributed by atoms with Gasteiger partial charge in [-0.1, -0.05) is 6.92 Å². The van der Waals surface area contributed by atoms with Gasteiger partial charge in [0.05, 0.1) is 5.54 Å². The van der Waals surface area contributed by atoms with Gasteiger partial charge in [-0.05, 0) is 34.1 Å². The van der Waals surface area contributed by atoms with Crippen LogP contribution in [0.25, 0.3) is 0 Å². The fraction of sp³-hybridized carbons (Fsp3) is 0.929. The summed E-state index contributed by atoms with van der Waals surface area (Å²) in [6, 6.07) is 0.277. The van der Waals surface area contributed by atoms with Crippen molar-refractivity contribution in [3.05, 3.63) is 0 Å². The standard InChI is InChI=1S/C14H29N3O/c1-6-9-17(12(2)3)13(18)14(4,5)16-10-7-15-8-11-16/h12,15H,6-11H2,1-5H3. The van der Waals surface area contributed by atoms with Crippen LogP contribution in [0.4, 0.5) is 0 Å². The summed E-state index contributed by atoms with van der Waals surface area (Å²) in [7, 11) is 0. The molecule has 1 fully saturated rings. The highest BCUT2D eigenvalue weighted by atomic mass is 16.2. The van der Waals surface area contributed by atoms with E-state index in [9.17, 15) is 4.79 Å². The fourth-order valence-corrected chi connectivity index (χ4v) is 2.55. The van der Waals surface area contributed by atoms with Crippen LogP contribution in [0, 0.1) is 0 Å². The molecule has 1 aliphatic heterocycles. The summed E-state index contributed by atoms with van der Waals surface area (Å²) in [5, 5.41) is 3.34. The molecule has 1 rings (SSSR count). The predicted octanol–water partition coefficient (Wildman–Crippen LogP) is 1.32. The zero-order chi connectivity index (χ0) is 13.8. The third-order valence-electron chi connectivity index (χ3n) is 3.78. The Morgan fingerprint density at radius 1 is 1.33 bits per heavy atom. The summed E-state index contributed by atoms with van der Waals surface area (Å²) in [6.45, 7) is 15.2. The SMILES string of the molecule is CCCN(C(=O)C(C)(C)N1CCNCC1)C(C)C. The van der Waals surface area contributed by atoms with E-state index in [-0.39, 0.29) is 17.5 Å². The van der Waals surface area contributed by atoms with Gasteiger partial charge in [0.2, 0.25) is 5.91 Å². The van der Waals surface area contributed by atoms with Crippen molar-refractivity contribution in [3.8, 4) is 0 Å². The lowest BCUT2D eigenvalue weighted by atomic mass is 9.98. The fourth-order valence-electron chi connectivity index (χ4n) is 2.55. The lowest BCUT2D eigenvalue weighted by molar-refractivity contribution is -0.145. The molecule has 0 aromatic carbocycles. The van der Waals surface area contributed by atoms with Crippen molar-refractivity contribution in [1.82, 2.24) is 15.1 Å². The molecule has 18 heavy (non-hydrogen) atoms. The molecule has 0 aromatic heterocycles. The Hall–Kier alpha value is -0.610. The summed E-state index contributed by atoms with van der Waals surface area (Å²) >= 11 is 0. The molecule has 1 amide bonds. The molecule has 1 heterocycles. The van der Waals surface area contributed by atoms with Crippen LogP contribution in [0.1, 0.15) is 41.0 Å². The van der Waals surface area contributed by atoms with Crippen molar-refractivity contribution in [3.63, 3.8) is 0 Å². The second-order valence-electron chi connectivity index (χ2n) is 5.89. The van der Waals surface area contributed by atoms with Crippen molar-refractivity contribution in [2.75, 3.05) is 32.7 Å². The highest BCUT2D eigenvalue weighted by Gasteiger charge is 2.38. The first kappa shape index (κ1) is 15.4. The van der Waals surface area contributed by atoms with Crippen LogP contribution in [-0.4, -0.2) is 60.0 Å². The van der Waals surface area contributed by atoms with Crippen molar-refractivity contribution in [2.45, 2.75) is 52.6 Å². The van der Waals surface area contributed by atoms with Crippen LogP contribution in [-0.2, 0) is 4.79 Å². The molecule has 0 radical (unpaired) electrons. The first-order valence-corrected chi connectivity index (χ1v) is 7.18. The molecule has 1 aliphatic rings. The van der Waals surface area contributed by atoms with Gasteiger partial charge in [0.15, 0.2) is 0 Å². The average Bonchev–Trinajstić information content (AvgIpc) is 2.35. The molecule has 4 nitrogen and oxygen atoms in total. The Labute approximate surface area is 112 Å². The first-order chi connectivity index (χ1) is 8.41. The number of carbonyl (C=O) groups excluding carboxylic acids is 1. The largest absolute Gasteiger partial charge is 0.339 e. The summed E-state index contributed by atoms with van der Waals surface area (Å²) in [6.07, 6.45) is 1.02. The lowest BCUT2D eigenvalue weighted by Gasteiger charge is -2.43. The van der Waals surface area contributed by atoms with Gasteiger partial charge in [-0.3, -0.25) is 9.69 Å². The Balaban J connectivity index is 2.77. The molecular formula is C14H29N3O. The molecule has 0 saturated carbocycles. The summed E-state index contributed by atoms with van der Waals surface area (Å²) in [5.41, 5.74) is -0.387. The third-order valence-corrected chi connectivity index (χ3v) is 3.78. The number of hydrogen-bond donors (Lipinski definition) is 1. The number of carbonyl (C=O) groups is 1. The van der Waals surface area contributed by atoms with E-state index < -0.39 is 0 Å². The number of nitrogens with one attached hydrogen (secondary N) is 1. The Morgan fingerprint density at radius 3 is 2.33 bits per heavy atom. The summed E-state index contributed by atoms with van der Waals surface area (Å²) in [5.74, 6) is 0.265. The van der Waals surface area contributed by atoms with Gasteiger partial charge in [-0.25, -0.2) is 0 Å². The van der Waals surface area contributed by atoms with E-state index in [1.54, 1.807) is 0 Å².